The molecule has 1 aromatic carbocycles. The summed E-state index contributed by atoms with van der Waals surface area (Å²) in [6.07, 6.45) is 5.93. The summed E-state index contributed by atoms with van der Waals surface area (Å²) in [4.78, 5) is 2.41. The molecule has 0 bridgehead atoms. The summed E-state index contributed by atoms with van der Waals surface area (Å²) in [6, 6.07) is 9.05. The van der Waals surface area contributed by atoms with Crippen molar-refractivity contribution < 1.29 is 9.84 Å². The molecule has 122 valence electrons. The van der Waals surface area contributed by atoms with Gasteiger partial charge in [-0.05, 0) is 44.7 Å². The maximum absolute atomic E-state index is 10.3. The van der Waals surface area contributed by atoms with Crippen LogP contribution in [0.5, 0.6) is 5.75 Å². The average molecular weight is 303 g/mol. The van der Waals surface area contributed by atoms with Crippen molar-refractivity contribution in [2.45, 2.75) is 57.7 Å². The Balaban J connectivity index is 1.87. The fourth-order valence-corrected chi connectivity index (χ4v) is 3.29. The molecule has 3 heteroatoms. The van der Waals surface area contributed by atoms with E-state index in [-0.39, 0.29) is 0 Å². The average Bonchev–Trinajstić information content (AvgIpc) is 2.50. The second kappa shape index (κ2) is 8.35. The maximum Gasteiger partial charge on any atom is 0.122 e. The number of likely N-dealkylation sites (tertiary alicyclic amines) is 1. The Hall–Kier alpha value is -1.32. The Morgan fingerprint density at radius 2 is 2.00 bits per heavy atom. The topological polar surface area (TPSA) is 32.7 Å². The van der Waals surface area contributed by atoms with Crippen LogP contribution in [0.4, 0.5) is 0 Å². The minimum atomic E-state index is -0.459. The predicted molar refractivity (Wildman–Crippen MR) is 91.3 cm³/mol. The lowest BCUT2D eigenvalue weighted by Crippen LogP contribution is -2.48. The predicted octanol–water partition coefficient (Wildman–Crippen LogP) is 3.42. The van der Waals surface area contributed by atoms with Crippen LogP contribution in [0, 0.1) is 0 Å². The zero-order chi connectivity index (χ0) is 15.9. The molecule has 0 aliphatic carbocycles. The number of benzene rings is 1. The van der Waals surface area contributed by atoms with Gasteiger partial charge in [0.1, 0.15) is 18.5 Å². The van der Waals surface area contributed by atoms with Crippen molar-refractivity contribution in [3.05, 3.63) is 42.5 Å². The van der Waals surface area contributed by atoms with Gasteiger partial charge in [0.25, 0.3) is 0 Å². The first-order chi connectivity index (χ1) is 10.6. The van der Waals surface area contributed by atoms with E-state index in [1.807, 2.05) is 30.3 Å². The van der Waals surface area contributed by atoms with Gasteiger partial charge in [-0.1, -0.05) is 30.7 Å². The second-order valence-electron chi connectivity index (χ2n) is 6.39. The van der Waals surface area contributed by atoms with Crippen molar-refractivity contribution in [3.8, 4) is 5.75 Å². The van der Waals surface area contributed by atoms with Crippen LogP contribution in [0.3, 0.4) is 0 Å². The van der Waals surface area contributed by atoms with Gasteiger partial charge >= 0.3 is 0 Å². The first-order valence-electron chi connectivity index (χ1n) is 8.37. The smallest absolute Gasteiger partial charge is 0.122 e. The van der Waals surface area contributed by atoms with Crippen LogP contribution >= 0.6 is 0 Å². The number of allylic oxidation sites excluding steroid dienone is 1. The molecule has 3 nitrogen and oxygen atoms in total. The molecule has 1 fully saturated rings. The molecule has 1 aliphatic heterocycles. The van der Waals surface area contributed by atoms with Gasteiger partial charge in [0.15, 0.2) is 0 Å². The van der Waals surface area contributed by atoms with Gasteiger partial charge in [0.2, 0.25) is 0 Å². The van der Waals surface area contributed by atoms with E-state index >= 15 is 0 Å². The molecule has 0 saturated carbocycles. The molecule has 0 spiro atoms. The quantitative estimate of drug-likeness (QED) is 0.784. The fraction of sp³-hybridized carbons (Fsp3) is 0.579. The van der Waals surface area contributed by atoms with Crippen molar-refractivity contribution in [3.63, 3.8) is 0 Å². The van der Waals surface area contributed by atoms with Crippen molar-refractivity contribution in [2.75, 3.05) is 13.2 Å². The standard InChI is InChI=1S/C19H29NO2/c1-4-8-17-11-5-6-12-19(17)22-14-18(21)13-20-15(2)9-7-10-16(20)3/h4-6,11-12,15-16,18,21H,1,7-10,13-14H2,2-3H3/t15-,16-,18-/m1/s1. The van der Waals surface area contributed by atoms with Gasteiger partial charge in [-0.15, -0.1) is 6.58 Å². The van der Waals surface area contributed by atoms with Crippen LogP contribution in [0.1, 0.15) is 38.7 Å². The lowest BCUT2D eigenvalue weighted by atomic mass is 9.97. The summed E-state index contributed by atoms with van der Waals surface area (Å²) in [5.41, 5.74) is 1.12. The first kappa shape index (κ1) is 17.0. The van der Waals surface area contributed by atoms with Gasteiger partial charge < -0.3 is 9.84 Å². The van der Waals surface area contributed by atoms with Gasteiger partial charge in [-0.2, -0.15) is 0 Å². The van der Waals surface area contributed by atoms with E-state index in [0.717, 1.165) is 17.7 Å². The number of nitrogens with zero attached hydrogens (tertiary/aromatic N) is 1. The number of rotatable bonds is 7. The van der Waals surface area contributed by atoms with Gasteiger partial charge in [0.05, 0.1) is 0 Å². The molecule has 22 heavy (non-hydrogen) atoms. The monoisotopic (exact) mass is 303 g/mol. The molecule has 0 aromatic heterocycles. The zero-order valence-electron chi connectivity index (χ0n) is 13.9. The number of aliphatic hydroxyl groups excluding tert-OH is 1. The van der Waals surface area contributed by atoms with Gasteiger partial charge in [0, 0.05) is 18.6 Å². The SMILES string of the molecule is C=CCc1ccccc1OC[C@H](O)CN1[C@H](C)CCC[C@H]1C. The molecule has 1 saturated heterocycles. The minimum Gasteiger partial charge on any atom is -0.491 e. The van der Waals surface area contributed by atoms with Crippen molar-refractivity contribution in [2.24, 2.45) is 0 Å². The highest BCUT2D eigenvalue weighted by Gasteiger charge is 2.26. The molecular formula is C19H29NO2. The zero-order valence-corrected chi connectivity index (χ0v) is 13.9. The lowest BCUT2D eigenvalue weighted by Gasteiger charge is -2.40. The number of aliphatic hydroxyl groups is 1. The second-order valence-corrected chi connectivity index (χ2v) is 6.39. The molecule has 0 amide bonds. The largest absolute Gasteiger partial charge is 0.491 e. The van der Waals surface area contributed by atoms with Crippen LogP contribution in [-0.4, -0.2) is 41.3 Å². The highest BCUT2D eigenvalue weighted by molar-refractivity contribution is 5.34. The van der Waals surface area contributed by atoms with E-state index in [1.54, 1.807) is 0 Å². The van der Waals surface area contributed by atoms with Crippen molar-refractivity contribution in [1.82, 2.24) is 4.90 Å². The van der Waals surface area contributed by atoms with E-state index in [1.165, 1.54) is 19.3 Å². The number of piperidine rings is 1. The Kier molecular flexibility index (Phi) is 6.47. The Labute approximate surface area is 134 Å². The number of hydrogen-bond donors (Lipinski definition) is 1. The van der Waals surface area contributed by atoms with E-state index < -0.39 is 6.10 Å². The molecule has 2 rings (SSSR count). The number of hydrogen-bond acceptors (Lipinski definition) is 3. The first-order valence-corrected chi connectivity index (χ1v) is 8.37. The Bertz CT molecular complexity index is 464. The highest BCUT2D eigenvalue weighted by atomic mass is 16.5. The van der Waals surface area contributed by atoms with Crippen LogP contribution in [0.2, 0.25) is 0 Å². The minimum absolute atomic E-state index is 0.337. The van der Waals surface area contributed by atoms with Crippen molar-refractivity contribution in [1.29, 1.82) is 0 Å². The number of para-hydroxylation sites is 1. The summed E-state index contributed by atoms with van der Waals surface area (Å²) in [6.45, 7) is 9.30. The van der Waals surface area contributed by atoms with Gasteiger partial charge in [-0.25, -0.2) is 0 Å². The summed E-state index contributed by atoms with van der Waals surface area (Å²) in [7, 11) is 0. The molecule has 1 heterocycles. The Morgan fingerprint density at radius 1 is 1.32 bits per heavy atom. The van der Waals surface area contributed by atoms with E-state index in [4.69, 9.17) is 4.74 Å². The molecule has 0 unspecified atom stereocenters. The normalized spacial score (nSPS) is 24.0. The molecule has 1 N–H and O–H groups in total. The summed E-state index contributed by atoms with van der Waals surface area (Å²) >= 11 is 0. The number of ether oxygens (including phenoxy) is 1. The van der Waals surface area contributed by atoms with Crippen LogP contribution in [0.25, 0.3) is 0 Å². The third-order valence-electron chi connectivity index (χ3n) is 4.57. The summed E-state index contributed by atoms with van der Waals surface area (Å²) < 4.78 is 5.84. The Morgan fingerprint density at radius 3 is 2.68 bits per heavy atom. The molecule has 3 atom stereocenters. The van der Waals surface area contributed by atoms with Crippen LogP contribution < -0.4 is 4.74 Å². The summed E-state index contributed by atoms with van der Waals surface area (Å²) in [5, 5.41) is 10.3. The van der Waals surface area contributed by atoms with Crippen LogP contribution in [0.15, 0.2) is 36.9 Å². The third-order valence-corrected chi connectivity index (χ3v) is 4.57. The molecule has 1 aromatic rings. The van der Waals surface area contributed by atoms with E-state index in [2.05, 4.69) is 25.3 Å². The maximum atomic E-state index is 10.3. The van der Waals surface area contributed by atoms with Crippen LogP contribution in [-0.2, 0) is 6.42 Å². The molecule has 0 radical (unpaired) electrons. The lowest BCUT2D eigenvalue weighted by molar-refractivity contribution is 0.0207. The molecule has 1 aliphatic rings. The molecular weight excluding hydrogens is 274 g/mol. The summed E-state index contributed by atoms with van der Waals surface area (Å²) in [5.74, 6) is 0.848. The fourth-order valence-electron chi connectivity index (χ4n) is 3.29. The van der Waals surface area contributed by atoms with E-state index in [0.29, 0.717) is 25.2 Å². The number of β-amino-alcohol motifs (C(OH)–C–C–N with tert-alkyl or cyclic N) is 1. The van der Waals surface area contributed by atoms with Crippen molar-refractivity contribution >= 4 is 0 Å². The third kappa shape index (κ3) is 4.59. The van der Waals surface area contributed by atoms with Gasteiger partial charge in [-0.3, -0.25) is 4.90 Å². The van der Waals surface area contributed by atoms with E-state index in [9.17, 15) is 5.11 Å². The highest BCUT2D eigenvalue weighted by Crippen LogP contribution is 2.23.